The molecule has 1 aliphatic rings. The van der Waals surface area contributed by atoms with Gasteiger partial charge >= 0.3 is 0 Å². The molecule has 0 saturated carbocycles. The first-order chi connectivity index (χ1) is 7.40. The lowest BCUT2D eigenvalue weighted by atomic mass is 10.1. The summed E-state index contributed by atoms with van der Waals surface area (Å²) >= 11 is 0. The van der Waals surface area contributed by atoms with E-state index < -0.39 is 0 Å². The van der Waals surface area contributed by atoms with Crippen molar-refractivity contribution < 1.29 is 9.84 Å². The van der Waals surface area contributed by atoms with Crippen LogP contribution in [0.2, 0.25) is 0 Å². The Hall–Kier alpha value is -1.35. The molecule has 0 amide bonds. The van der Waals surface area contributed by atoms with Crippen molar-refractivity contribution in [1.29, 1.82) is 0 Å². The lowest BCUT2D eigenvalue weighted by Gasteiger charge is -2.03. The standard InChI is InChI=1S/C12H15NO2/c14-8-1-2-10-3-5-11(6-4-10)12-13-7-9-15-12/h3-6,14H,1-2,7-9H2. The summed E-state index contributed by atoms with van der Waals surface area (Å²) in [5.41, 5.74) is 2.28. The Labute approximate surface area is 89.4 Å². The molecule has 0 spiro atoms. The molecule has 1 aromatic rings. The minimum Gasteiger partial charge on any atom is -0.476 e. The predicted octanol–water partition coefficient (Wildman–Crippen LogP) is 1.39. The Morgan fingerprint density at radius 2 is 2.07 bits per heavy atom. The van der Waals surface area contributed by atoms with Crippen molar-refractivity contribution in [2.45, 2.75) is 12.8 Å². The zero-order chi connectivity index (χ0) is 10.5. The van der Waals surface area contributed by atoms with Crippen molar-refractivity contribution in [1.82, 2.24) is 0 Å². The fourth-order valence-corrected chi connectivity index (χ4v) is 1.61. The average Bonchev–Trinajstić information content (AvgIpc) is 2.80. The number of ether oxygens (including phenoxy) is 1. The third kappa shape index (κ3) is 2.57. The molecule has 80 valence electrons. The highest BCUT2D eigenvalue weighted by atomic mass is 16.5. The predicted molar refractivity (Wildman–Crippen MR) is 59.2 cm³/mol. The summed E-state index contributed by atoms with van der Waals surface area (Å²) in [5, 5.41) is 8.72. The van der Waals surface area contributed by atoms with E-state index in [1.165, 1.54) is 5.56 Å². The van der Waals surface area contributed by atoms with E-state index in [1.54, 1.807) is 0 Å². The molecule has 0 aromatic heterocycles. The number of aliphatic imine (C=N–C) groups is 1. The zero-order valence-corrected chi connectivity index (χ0v) is 8.65. The van der Waals surface area contributed by atoms with E-state index in [0.717, 1.165) is 30.8 Å². The maximum absolute atomic E-state index is 8.72. The van der Waals surface area contributed by atoms with Gasteiger partial charge in [0.1, 0.15) is 6.61 Å². The van der Waals surface area contributed by atoms with Crippen LogP contribution < -0.4 is 0 Å². The number of aryl methyl sites for hydroxylation is 1. The molecular formula is C12H15NO2. The monoisotopic (exact) mass is 205 g/mol. The number of rotatable bonds is 4. The van der Waals surface area contributed by atoms with Gasteiger partial charge in [0.15, 0.2) is 0 Å². The maximum atomic E-state index is 8.72. The highest BCUT2D eigenvalue weighted by Crippen LogP contribution is 2.10. The van der Waals surface area contributed by atoms with Crippen molar-refractivity contribution in [2.75, 3.05) is 19.8 Å². The highest BCUT2D eigenvalue weighted by molar-refractivity contribution is 5.94. The number of benzene rings is 1. The fraction of sp³-hybridized carbons (Fsp3) is 0.417. The summed E-state index contributed by atoms with van der Waals surface area (Å²) in [4.78, 5) is 4.25. The van der Waals surface area contributed by atoms with Gasteiger partial charge in [-0.2, -0.15) is 0 Å². The van der Waals surface area contributed by atoms with E-state index in [1.807, 2.05) is 12.1 Å². The Morgan fingerprint density at radius 1 is 1.27 bits per heavy atom. The van der Waals surface area contributed by atoms with Crippen LogP contribution in [-0.4, -0.2) is 30.8 Å². The zero-order valence-electron chi connectivity index (χ0n) is 8.65. The van der Waals surface area contributed by atoms with Crippen molar-refractivity contribution >= 4 is 5.90 Å². The Balaban J connectivity index is 2.03. The van der Waals surface area contributed by atoms with Gasteiger partial charge < -0.3 is 9.84 Å². The van der Waals surface area contributed by atoms with E-state index in [0.29, 0.717) is 6.61 Å². The second-order valence-corrected chi connectivity index (χ2v) is 3.56. The average molecular weight is 205 g/mol. The van der Waals surface area contributed by atoms with Crippen LogP contribution in [0.1, 0.15) is 17.5 Å². The van der Waals surface area contributed by atoms with E-state index in [-0.39, 0.29) is 6.61 Å². The molecule has 3 heteroatoms. The minimum atomic E-state index is 0.248. The molecule has 0 saturated heterocycles. The van der Waals surface area contributed by atoms with E-state index in [2.05, 4.69) is 17.1 Å². The molecule has 0 radical (unpaired) electrons. The molecule has 1 aliphatic heterocycles. The summed E-state index contributed by atoms with van der Waals surface area (Å²) < 4.78 is 5.37. The molecule has 1 N–H and O–H groups in total. The first-order valence-electron chi connectivity index (χ1n) is 5.27. The first kappa shape index (κ1) is 10.2. The van der Waals surface area contributed by atoms with Gasteiger partial charge in [-0.1, -0.05) is 12.1 Å². The lowest BCUT2D eigenvalue weighted by molar-refractivity contribution is 0.288. The maximum Gasteiger partial charge on any atom is 0.216 e. The van der Waals surface area contributed by atoms with Gasteiger partial charge in [-0.3, -0.25) is 0 Å². The molecule has 0 fully saturated rings. The molecule has 1 heterocycles. The Bertz CT molecular complexity index is 343. The minimum absolute atomic E-state index is 0.248. The largest absolute Gasteiger partial charge is 0.476 e. The normalized spacial score (nSPS) is 14.9. The summed E-state index contributed by atoms with van der Waals surface area (Å²) in [6, 6.07) is 8.18. The highest BCUT2D eigenvalue weighted by Gasteiger charge is 2.09. The van der Waals surface area contributed by atoms with Crippen LogP contribution >= 0.6 is 0 Å². The van der Waals surface area contributed by atoms with Gasteiger partial charge in [0, 0.05) is 12.2 Å². The number of aliphatic hydroxyl groups excluding tert-OH is 1. The van der Waals surface area contributed by atoms with Crippen LogP contribution in [0.4, 0.5) is 0 Å². The van der Waals surface area contributed by atoms with Crippen molar-refractivity contribution in [3.05, 3.63) is 35.4 Å². The molecule has 0 atom stereocenters. The van der Waals surface area contributed by atoms with E-state index in [9.17, 15) is 0 Å². The van der Waals surface area contributed by atoms with Crippen molar-refractivity contribution in [2.24, 2.45) is 4.99 Å². The quantitative estimate of drug-likeness (QED) is 0.807. The summed E-state index contributed by atoms with van der Waals surface area (Å²) in [6.45, 7) is 1.71. The lowest BCUT2D eigenvalue weighted by Crippen LogP contribution is -2.01. The molecule has 0 bridgehead atoms. The number of hydrogen-bond donors (Lipinski definition) is 1. The van der Waals surface area contributed by atoms with Crippen LogP contribution in [0, 0.1) is 0 Å². The van der Waals surface area contributed by atoms with Crippen LogP contribution in [0.15, 0.2) is 29.3 Å². The van der Waals surface area contributed by atoms with Gasteiger partial charge in [-0.05, 0) is 30.5 Å². The smallest absolute Gasteiger partial charge is 0.216 e. The van der Waals surface area contributed by atoms with Crippen LogP contribution in [-0.2, 0) is 11.2 Å². The SMILES string of the molecule is OCCCc1ccc(C2=NCCO2)cc1. The number of aliphatic hydroxyl groups is 1. The topological polar surface area (TPSA) is 41.8 Å². The van der Waals surface area contributed by atoms with Gasteiger partial charge in [0.25, 0.3) is 0 Å². The number of hydrogen-bond acceptors (Lipinski definition) is 3. The summed E-state index contributed by atoms with van der Waals surface area (Å²) in [6.07, 6.45) is 1.74. The third-order valence-electron chi connectivity index (χ3n) is 2.41. The van der Waals surface area contributed by atoms with Gasteiger partial charge in [-0.25, -0.2) is 4.99 Å². The van der Waals surface area contributed by atoms with Gasteiger partial charge in [0.2, 0.25) is 5.90 Å². The van der Waals surface area contributed by atoms with Crippen LogP contribution in [0.3, 0.4) is 0 Å². The molecular weight excluding hydrogens is 190 g/mol. The van der Waals surface area contributed by atoms with Crippen molar-refractivity contribution in [3.8, 4) is 0 Å². The third-order valence-corrected chi connectivity index (χ3v) is 2.41. The van der Waals surface area contributed by atoms with Gasteiger partial charge in [0.05, 0.1) is 6.54 Å². The first-order valence-corrected chi connectivity index (χ1v) is 5.27. The molecule has 2 rings (SSSR count). The second kappa shape index (κ2) is 4.94. The molecule has 0 unspecified atom stereocenters. The summed E-state index contributed by atoms with van der Waals surface area (Å²) in [5.74, 6) is 0.753. The molecule has 15 heavy (non-hydrogen) atoms. The second-order valence-electron chi connectivity index (χ2n) is 3.56. The van der Waals surface area contributed by atoms with Gasteiger partial charge in [-0.15, -0.1) is 0 Å². The summed E-state index contributed by atoms with van der Waals surface area (Å²) in [7, 11) is 0. The van der Waals surface area contributed by atoms with Crippen molar-refractivity contribution in [3.63, 3.8) is 0 Å². The Kier molecular flexibility index (Phi) is 3.35. The van der Waals surface area contributed by atoms with E-state index in [4.69, 9.17) is 9.84 Å². The molecule has 3 nitrogen and oxygen atoms in total. The molecule has 0 aliphatic carbocycles. The number of nitrogens with zero attached hydrogens (tertiary/aromatic N) is 1. The molecule has 1 aromatic carbocycles. The van der Waals surface area contributed by atoms with E-state index >= 15 is 0 Å². The fourth-order valence-electron chi connectivity index (χ4n) is 1.61. The Morgan fingerprint density at radius 3 is 2.67 bits per heavy atom. The van der Waals surface area contributed by atoms with Crippen LogP contribution in [0.25, 0.3) is 0 Å². The van der Waals surface area contributed by atoms with Crippen LogP contribution in [0.5, 0.6) is 0 Å².